The molecule has 33 heavy (non-hydrogen) atoms. The minimum Gasteiger partial charge on any atom is -0.457 e. The molecule has 0 fully saturated rings. The standard InChI is InChI=1S/C27H26N2O4/c1-27(2,3)21-9-11-22(12-10-21)33-23-6-4-5-20(15-23)17-28-29-26(30)14-8-19-7-13-24-25(16-19)32-18-31-24/h4-17H,18H2,1-3H3,(H,29,30)/b14-8+,28-17+. The summed E-state index contributed by atoms with van der Waals surface area (Å²) in [6.45, 7) is 6.75. The Bertz CT molecular complexity index is 1190. The highest BCUT2D eigenvalue weighted by Gasteiger charge is 2.13. The van der Waals surface area contributed by atoms with Crippen molar-refractivity contribution in [3.05, 3.63) is 89.5 Å². The molecule has 6 heteroatoms. The fraction of sp³-hybridized carbons (Fsp3) is 0.185. The van der Waals surface area contributed by atoms with Crippen LogP contribution in [0.3, 0.4) is 0 Å². The number of amides is 1. The molecule has 0 aliphatic carbocycles. The molecular formula is C27H26N2O4. The predicted octanol–water partition coefficient (Wildman–Crippen LogP) is 5.67. The van der Waals surface area contributed by atoms with Crippen LogP contribution in [0.1, 0.15) is 37.5 Å². The Kier molecular flexibility index (Phi) is 6.45. The number of carbonyl (C=O) groups excluding carboxylic acids is 1. The van der Waals surface area contributed by atoms with Crippen LogP contribution in [0, 0.1) is 0 Å². The van der Waals surface area contributed by atoms with E-state index in [1.54, 1.807) is 12.3 Å². The van der Waals surface area contributed by atoms with Gasteiger partial charge in [-0.15, -0.1) is 0 Å². The number of nitrogens with one attached hydrogen (secondary N) is 1. The molecule has 1 heterocycles. The van der Waals surface area contributed by atoms with Crippen molar-refractivity contribution >= 4 is 18.2 Å². The van der Waals surface area contributed by atoms with Crippen molar-refractivity contribution < 1.29 is 19.0 Å². The van der Waals surface area contributed by atoms with Crippen LogP contribution < -0.4 is 19.6 Å². The van der Waals surface area contributed by atoms with E-state index in [1.165, 1.54) is 11.6 Å². The molecule has 1 N–H and O–H groups in total. The third-order valence-electron chi connectivity index (χ3n) is 5.03. The molecule has 0 saturated heterocycles. The first-order valence-electron chi connectivity index (χ1n) is 10.7. The van der Waals surface area contributed by atoms with E-state index in [2.05, 4.69) is 43.4 Å². The molecule has 0 radical (unpaired) electrons. The second kappa shape index (κ2) is 9.61. The number of ether oxygens (including phenoxy) is 3. The number of nitrogens with zero attached hydrogens (tertiary/aromatic N) is 1. The SMILES string of the molecule is CC(C)(C)c1ccc(Oc2cccc(/C=N/NC(=O)/C=C/c3ccc4c(c3)OCO4)c2)cc1. The summed E-state index contributed by atoms with van der Waals surface area (Å²) in [6.07, 6.45) is 4.67. The highest BCUT2D eigenvalue weighted by molar-refractivity contribution is 5.92. The van der Waals surface area contributed by atoms with Gasteiger partial charge in [-0.2, -0.15) is 5.10 Å². The van der Waals surface area contributed by atoms with Gasteiger partial charge < -0.3 is 14.2 Å². The molecule has 4 rings (SSSR count). The largest absolute Gasteiger partial charge is 0.457 e. The molecule has 6 nitrogen and oxygen atoms in total. The highest BCUT2D eigenvalue weighted by Crippen LogP contribution is 2.32. The maximum absolute atomic E-state index is 12.1. The Hall–Kier alpha value is -4.06. The smallest absolute Gasteiger partial charge is 0.264 e. The third-order valence-corrected chi connectivity index (χ3v) is 5.03. The highest BCUT2D eigenvalue weighted by atomic mass is 16.7. The van der Waals surface area contributed by atoms with Crippen molar-refractivity contribution in [1.82, 2.24) is 5.43 Å². The van der Waals surface area contributed by atoms with Gasteiger partial charge in [0.25, 0.3) is 5.91 Å². The predicted molar refractivity (Wildman–Crippen MR) is 129 cm³/mol. The second-order valence-electron chi connectivity index (χ2n) is 8.63. The topological polar surface area (TPSA) is 69.2 Å². The molecule has 0 atom stereocenters. The van der Waals surface area contributed by atoms with E-state index in [9.17, 15) is 4.79 Å². The Labute approximate surface area is 193 Å². The molecule has 1 aliphatic heterocycles. The minimum absolute atomic E-state index is 0.0962. The maximum Gasteiger partial charge on any atom is 0.264 e. The van der Waals surface area contributed by atoms with Gasteiger partial charge in [0.05, 0.1) is 6.21 Å². The summed E-state index contributed by atoms with van der Waals surface area (Å²) in [5, 5.41) is 4.02. The molecule has 0 unspecified atom stereocenters. The van der Waals surface area contributed by atoms with Gasteiger partial charge in [-0.1, -0.05) is 51.1 Å². The second-order valence-corrected chi connectivity index (χ2v) is 8.63. The van der Waals surface area contributed by atoms with Crippen molar-refractivity contribution in [1.29, 1.82) is 0 Å². The molecule has 1 amide bonds. The van der Waals surface area contributed by atoms with E-state index in [4.69, 9.17) is 14.2 Å². The molecule has 0 spiro atoms. The lowest BCUT2D eigenvalue weighted by atomic mass is 9.87. The minimum atomic E-state index is -0.338. The lowest BCUT2D eigenvalue weighted by Crippen LogP contribution is -2.14. The maximum atomic E-state index is 12.1. The van der Waals surface area contributed by atoms with Gasteiger partial charge in [-0.05, 0) is 64.6 Å². The van der Waals surface area contributed by atoms with E-state index < -0.39 is 0 Å². The number of rotatable bonds is 6. The lowest BCUT2D eigenvalue weighted by Gasteiger charge is -2.19. The van der Waals surface area contributed by atoms with E-state index in [0.717, 1.165) is 16.9 Å². The average molecular weight is 443 g/mol. The lowest BCUT2D eigenvalue weighted by molar-refractivity contribution is -0.116. The normalized spacial score (nSPS) is 12.9. The van der Waals surface area contributed by atoms with Crippen molar-refractivity contribution in [2.24, 2.45) is 5.10 Å². The zero-order valence-electron chi connectivity index (χ0n) is 18.9. The zero-order chi connectivity index (χ0) is 23.3. The van der Waals surface area contributed by atoms with Gasteiger partial charge >= 0.3 is 0 Å². The zero-order valence-corrected chi connectivity index (χ0v) is 18.9. The van der Waals surface area contributed by atoms with Gasteiger partial charge in [0.2, 0.25) is 6.79 Å². The molecule has 168 valence electrons. The van der Waals surface area contributed by atoms with Crippen LogP contribution in [0.5, 0.6) is 23.0 Å². The summed E-state index contributed by atoms with van der Waals surface area (Å²) in [4.78, 5) is 12.1. The van der Waals surface area contributed by atoms with Gasteiger partial charge in [0, 0.05) is 6.08 Å². The molecule has 0 aromatic heterocycles. The quantitative estimate of drug-likeness (QED) is 0.303. The molecule has 0 saturated carbocycles. The number of benzene rings is 3. The summed E-state index contributed by atoms with van der Waals surface area (Å²) < 4.78 is 16.6. The summed E-state index contributed by atoms with van der Waals surface area (Å²) in [6, 6.07) is 21.1. The number of carbonyl (C=O) groups is 1. The van der Waals surface area contributed by atoms with Crippen LogP contribution >= 0.6 is 0 Å². The number of hydrogen-bond acceptors (Lipinski definition) is 5. The summed E-state index contributed by atoms with van der Waals surface area (Å²) in [5.74, 6) is 2.49. The van der Waals surface area contributed by atoms with Crippen LogP contribution in [0.25, 0.3) is 6.08 Å². The van der Waals surface area contributed by atoms with Gasteiger partial charge in [0.1, 0.15) is 11.5 Å². The number of fused-ring (bicyclic) bond motifs is 1. The molecular weight excluding hydrogens is 416 g/mol. The monoisotopic (exact) mass is 442 g/mol. The Balaban J connectivity index is 1.32. The van der Waals surface area contributed by atoms with Gasteiger partial charge in [0.15, 0.2) is 11.5 Å². The fourth-order valence-electron chi connectivity index (χ4n) is 3.21. The Morgan fingerprint density at radius 2 is 1.73 bits per heavy atom. The van der Waals surface area contributed by atoms with Crippen LogP contribution in [0.2, 0.25) is 0 Å². The van der Waals surface area contributed by atoms with E-state index in [1.807, 2.05) is 54.6 Å². The van der Waals surface area contributed by atoms with Crippen molar-refractivity contribution in [3.63, 3.8) is 0 Å². The van der Waals surface area contributed by atoms with Crippen molar-refractivity contribution in [3.8, 4) is 23.0 Å². The first kappa shape index (κ1) is 22.1. The van der Waals surface area contributed by atoms with E-state index in [0.29, 0.717) is 17.2 Å². The van der Waals surface area contributed by atoms with Crippen LogP contribution in [-0.2, 0) is 10.2 Å². The van der Waals surface area contributed by atoms with E-state index in [-0.39, 0.29) is 18.1 Å². The number of hydrazone groups is 1. The molecule has 0 bridgehead atoms. The van der Waals surface area contributed by atoms with Gasteiger partial charge in [-0.25, -0.2) is 5.43 Å². The fourth-order valence-corrected chi connectivity index (χ4v) is 3.21. The molecule has 1 aliphatic rings. The molecule has 3 aromatic carbocycles. The summed E-state index contributed by atoms with van der Waals surface area (Å²) >= 11 is 0. The number of hydrogen-bond donors (Lipinski definition) is 1. The van der Waals surface area contributed by atoms with Crippen molar-refractivity contribution in [2.45, 2.75) is 26.2 Å². The summed E-state index contributed by atoms with van der Waals surface area (Å²) in [7, 11) is 0. The van der Waals surface area contributed by atoms with Crippen LogP contribution in [0.4, 0.5) is 0 Å². The van der Waals surface area contributed by atoms with Crippen molar-refractivity contribution in [2.75, 3.05) is 6.79 Å². The Morgan fingerprint density at radius 3 is 2.52 bits per heavy atom. The average Bonchev–Trinajstić information content (AvgIpc) is 3.26. The Morgan fingerprint density at radius 1 is 0.939 bits per heavy atom. The first-order valence-corrected chi connectivity index (χ1v) is 10.7. The molecule has 3 aromatic rings. The van der Waals surface area contributed by atoms with Crippen LogP contribution in [0.15, 0.2) is 77.9 Å². The summed E-state index contributed by atoms with van der Waals surface area (Å²) in [5.41, 5.74) is 5.47. The third kappa shape index (κ3) is 6.01. The van der Waals surface area contributed by atoms with Gasteiger partial charge in [-0.3, -0.25) is 4.79 Å². The first-order chi connectivity index (χ1) is 15.9. The van der Waals surface area contributed by atoms with E-state index >= 15 is 0 Å². The van der Waals surface area contributed by atoms with Crippen LogP contribution in [-0.4, -0.2) is 18.9 Å².